The molecule has 0 spiro atoms. The second kappa shape index (κ2) is 7.17. The van der Waals surface area contributed by atoms with Crippen molar-refractivity contribution in [3.63, 3.8) is 0 Å². The number of para-hydroxylation sites is 1. The number of hydrogen-bond acceptors (Lipinski definition) is 3. The average molecular weight is 325 g/mol. The fourth-order valence-electron chi connectivity index (χ4n) is 2.97. The van der Waals surface area contributed by atoms with E-state index in [0.717, 1.165) is 11.3 Å². The lowest BCUT2D eigenvalue weighted by Gasteiger charge is -2.25. The summed E-state index contributed by atoms with van der Waals surface area (Å²) in [6.45, 7) is 0.549. The molecule has 0 radical (unpaired) electrons. The molecule has 0 bridgehead atoms. The van der Waals surface area contributed by atoms with Gasteiger partial charge in [-0.15, -0.1) is 0 Å². The maximum Gasteiger partial charge on any atom is 0.312 e. The van der Waals surface area contributed by atoms with Crippen molar-refractivity contribution in [2.75, 3.05) is 13.2 Å². The first-order valence-electron chi connectivity index (χ1n) is 7.94. The van der Waals surface area contributed by atoms with Crippen molar-refractivity contribution in [1.82, 2.24) is 5.32 Å². The zero-order valence-electron chi connectivity index (χ0n) is 13.1. The van der Waals surface area contributed by atoms with E-state index in [1.54, 1.807) is 24.3 Å². The van der Waals surface area contributed by atoms with E-state index in [1.165, 1.54) is 0 Å². The summed E-state index contributed by atoms with van der Waals surface area (Å²) in [6.07, 6.45) is 0.589. The molecule has 0 aromatic heterocycles. The number of fused-ring (bicyclic) bond motifs is 1. The van der Waals surface area contributed by atoms with Gasteiger partial charge in [0, 0.05) is 12.1 Å². The molecule has 1 heterocycles. The highest BCUT2D eigenvalue weighted by atomic mass is 16.5. The van der Waals surface area contributed by atoms with E-state index in [2.05, 4.69) is 5.32 Å². The van der Waals surface area contributed by atoms with Crippen molar-refractivity contribution in [3.8, 4) is 5.75 Å². The molecule has 124 valence electrons. The summed E-state index contributed by atoms with van der Waals surface area (Å²) >= 11 is 0. The van der Waals surface area contributed by atoms with Crippen LogP contribution in [0, 0.1) is 0 Å². The first-order chi connectivity index (χ1) is 11.7. The van der Waals surface area contributed by atoms with Gasteiger partial charge >= 0.3 is 5.97 Å². The van der Waals surface area contributed by atoms with Gasteiger partial charge in [-0.2, -0.15) is 0 Å². The lowest BCUT2D eigenvalue weighted by atomic mass is 9.92. The smallest absolute Gasteiger partial charge is 0.312 e. The van der Waals surface area contributed by atoms with Crippen LogP contribution in [0.3, 0.4) is 0 Å². The Hall–Kier alpha value is -2.82. The third-order valence-electron chi connectivity index (χ3n) is 4.26. The predicted octanol–water partition coefficient (Wildman–Crippen LogP) is 2.54. The van der Waals surface area contributed by atoms with Crippen LogP contribution in [0.1, 0.15) is 29.4 Å². The maximum atomic E-state index is 12.6. The molecule has 5 heteroatoms. The van der Waals surface area contributed by atoms with Gasteiger partial charge in [-0.3, -0.25) is 9.59 Å². The van der Waals surface area contributed by atoms with Crippen LogP contribution in [0.2, 0.25) is 0 Å². The molecule has 2 N–H and O–H groups in total. The number of aliphatic carboxylic acids is 1. The van der Waals surface area contributed by atoms with Gasteiger partial charge in [0.15, 0.2) is 0 Å². The van der Waals surface area contributed by atoms with Gasteiger partial charge in [-0.05, 0) is 18.1 Å². The molecule has 2 aromatic carbocycles. The number of nitrogens with one attached hydrogen (secondary N) is 1. The molecule has 2 unspecified atom stereocenters. The Morgan fingerprint density at radius 1 is 1.12 bits per heavy atom. The van der Waals surface area contributed by atoms with E-state index in [-0.39, 0.29) is 18.4 Å². The number of carboxylic acid groups (broad SMARTS) is 1. The molecule has 0 saturated heterocycles. The topological polar surface area (TPSA) is 75.6 Å². The normalized spacial score (nSPS) is 17.2. The Bertz CT molecular complexity index is 729. The van der Waals surface area contributed by atoms with E-state index in [4.69, 9.17) is 4.74 Å². The molecular formula is C19H19NO4. The van der Waals surface area contributed by atoms with Gasteiger partial charge in [0.2, 0.25) is 5.91 Å². The van der Waals surface area contributed by atoms with Crippen molar-refractivity contribution in [2.24, 2.45) is 0 Å². The summed E-state index contributed by atoms with van der Waals surface area (Å²) in [7, 11) is 0. The van der Waals surface area contributed by atoms with Gasteiger partial charge < -0.3 is 15.2 Å². The van der Waals surface area contributed by atoms with Gasteiger partial charge in [-0.25, -0.2) is 0 Å². The Morgan fingerprint density at radius 3 is 2.58 bits per heavy atom. The molecule has 1 aliphatic rings. The molecule has 0 saturated carbocycles. The van der Waals surface area contributed by atoms with Crippen LogP contribution in [0.4, 0.5) is 0 Å². The van der Waals surface area contributed by atoms with Crippen molar-refractivity contribution in [3.05, 3.63) is 65.7 Å². The number of benzene rings is 2. The minimum Gasteiger partial charge on any atom is -0.493 e. The van der Waals surface area contributed by atoms with Gasteiger partial charge in [0.25, 0.3) is 0 Å². The van der Waals surface area contributed by atoms with Crippen LogP contribution < -0.4 is 10.1 Å². The fraction of sp³-hybridized carbons (Fsp3) is 0.263. The van der Waals surface area contributed by atoms with Crippen LogP contribution in [0.25, 0.3) is 0 Å². The van der Waals surface area contributed by atoms with Crippen LogP contribution in [0.15, 0.2) is 54.6 Å². The number of rotatable bonds is 5. The molecular weight excluding hydrogens is 306 g/mol. The molecule has 24 heavy (non-hydrogen) atoms. The number of carbonyl (C=O) groups is 2. The van der Waals surface area contributed by atoms with E-state index >= 15 is 0 Å². The zero-order chi connectivity index (χ0) is 16.9. The lowest BCUT2D eigenvalue weighted by Crippen LogP contribution is -2.36. The minimum atomic E-state index is -0.950. The van der Waals surface area contributed by atoms with E-state index in [9.17, 15) is 14.7 Å². The molecule has 0 fully saturated rings. The minimum absolute atomic E-state index is 0.0672. The number of carboxylic acids is 1. The third-order valence-corrected chi connectivity index (χ3v) is 4.26. The fourth-order valence-corrected chi connectivity index (χ4v) is 2.97. The van der Waals surface area contributed by atoms with Crippen LogP contribution in [-0.2, 0) is 9.59 Å². The quantitative estimate of drug-likeness (QED) is 0.886. The zero-order valence-corrected chi connectivity index (χ0v) is 13.1. The highest BCUT2D eigenvalue weighted by Gasteiger charge is 2.28. The summed E-state index contributed by atoms with van der Waals surface area (Å²) in [4.78, 5) is 24.1. The standard InChI is InChI=1S/C19H19NO4/c21-18(15-10-11-24-17-9-5-4-8-14(15)17)20-12-16(19(22)23)13-6-2-1-3-7-13/h1-9,15-16H,10-12H2,(H,20,21)(H,22,23). The Balaban J connectivity index is 1.70. The van der Waals surface area contributed by atoms with Crippen LogP contribution >= 0.6 is 0 Å². The second-order valence-corrected chi connectivity index (χ2v) is 5.77. The Morgan fingerprint density at radius 2 is 1.83 bits per heavy atom. The third kappa shape index (κ3) is 3.40. The SMILES string of the molecule is O=C(O)C(CNC(=O)C1CCOc2ccccc21)c1ccccc1. The summed E-state index contributed by atoms with van der Waals surface area (Å²) in [5, 5.41) is 12.2. The Labute approximate surface area is 140 Å². The highest BCUT2D eigenvalue weighted by Crippen LogP contribution is 2.33. The average Bonchev–Trinajstić information content (AvgIpc) is 2.62. The van der Waals surface area contributed by atoms with Crippen LogP contribution in [0.5, 0.6) is 5.75 Å². The number of amides is 1. The van der Waals surface area contributed by atoms with Crippen LogP contribution in [-0.4, -0.2) is 30.1 Å². The van der Waals surface area contributed by atoms with Crippen molar-refractivity contribution < 1.29 is 19.4 Å². The number of ether oxygens (including phenoxy) is 1. The summed E-state index contributed by atoms with van der Waals surface area (Å²) in [5.41, 5.74) is 1.53. The number of hydrogen-bond donors (Lipinski definition) is 2. The van der Waals surface area contributed by atoms with E-state index in [1.807, 2.05) is 30.3 Å². The molecule has 2 atom stereocenters. The van der Waals surface area contributed by atoms with Crippen molar-refractivity contribution in [1.29, 1.82) is 0 Å². The van der Waals surface area contributed by atoms with Crippen molar-refractivity contribution in [2.45, 2.75) is 18.3 Å². The number of carbonyl (C=O) groups excluding carboxylic acids is 1. The highest BCUT2D eigenvalue weighted by molar-refractivity contribution is 5.85. The lowest BCUT2D eigenvalue weighted by molar-refractivity contribution is -0.138. The van der Waals surface area contributed by atoms with Crippen molar-refractivity contribution >= 4 is 11.9 Å². The molecule has 0 aliphatic carbocycles. The summed E-state index contributed by atoms with van der Waals surface area (Å²) < 4.78 is 5.56. The maximum absolute atomic E-state index is 12.6. The first-order valence-corrected chi connectivity index (χ1v) is 7.94. The molecule has 3 rings (SSSR count). The predicted molar refractivity (Wildman–Crippen MR) is 89.1 cm³/mol. The van der Waals surface area contributed by atoms with E-state index in [0.29, 0.717) is 18.6 Å². The summed E-state index contributed by atoms with van der Waals surface area (Å²) in [6, 6.07) is 16.4. The van der Waals surface area contributed by atoms with Gasteiger partial charge in [0.1, 0.15) is 5.75 Å². The molecule has 5 nitrogen and oxygen atoms in total. The first kappa shape index (κ1) is 16.1. The molecule has 2 aromatic rings. The second-order valence-electron chi connectivity index (χ2n) is 5.77. The molecule has 1 aliphatic heterocycles. The monoisotopic (exact) mass is 325 g/mol. The van der Waals surface area contributed by atoms with Gasteiger partial charge in [0.05, 0.1) is 18.4 Å². The van der Waals surface area contributed by atoms with Gasteiger partial charge in [-0.1, -0.05) is 48.5 Å². The largest absolute Gasteiger partial charge is 0.493 e. The Kier molecular flexibility index (Phi) is 4.79. The molecule has 1 amide bonds. The van der Waals surface area contributed by atoms with E-state index < -0.39 is 11.9 Å². The summed E-state index contributed by atoms with van der Waals surface area (Å²) in [5.74, 6) is -1.45.